The van der Waals surface area contributed by atoms with Crippen molar-refractivity contribution in [3.63, 3.8) is 0 Å². The number of para-hydroxylation sites is 1. The van der Waals surface area contributed by atoms with Crippen LogP contribution in [-0.2, 0) is 11.3 Å². The van der Waals surface area contributed by atoms with E-state index in [-0.39, 0.29) is 12.0 Å². The standard InChI is InChI=1S/C15H18N2O3/c1-20-7-6-16-10-13(12-4-2-3-5-14(12)16)15(19)17-8-11(18)9-17/h2-5,10-11,18H,6-9H2,1H3. The second-order valence-corrected chi connectivity index (χ2v) is 5.11. The molecule has 106 valence electrons. The van der Waals surface area contributed by atoms with Gasteiger partial charge in [0.05, 0.1) is 18.3 Å². The highest BCUT2D eigenvalue weighted by molar-refractivity contribution is 6.07. The number of methoxy groups -OCH3 is 1. The van der Waals surface area contributed by atoms with Crippen LogP contribution < -0.4 is 0 Å². The van der Waals surface area contributed by atoms with Crippen molar-refractivity contribution >= 4 is 16.8 Å². The van der Waals surface area contributed by atoms with Crippen molar-refractivity contribution in [1.82, 2.24) is 9.47 Å². The Balaban J connectivity index is 1.96. The fourth-order valence-corrected chi connectivity index (χ4v) is 2.58. The van der Waals surface area contributed by atoms with Gasteiger partial charge >= 0.3 is 0 Å². The van der Waals surface area contributed by atoms with Gasteiger partial charge in [-0.3, -0.25) is 4.79 Å². The van der Waals surface area contributed by atoms with Crippen LogP contribution in [0.5, 0.6) is 0 Å². The van der Waals surface area contributed by atoms with E-state index in [0.29, 0.717) is 31.8 Å². The molecule has 1 aliphatic heterocycles. The Morgan fingerprint density at radius 1 is 1.40 bits per heavy atom. The van der Waals surface area contributed by atoms with Gasteiger partial charge in [-0.25, -0.2) is 0 Å². The summed E-state index contributed by atoms with van der Waals surface area (Å²) in [6, 6.07) is 7.87. The van der Waals surface area contributed by atoms with Crippen molar-refractivity contribution in [1.29, 1.82) is 0 Å². The summed E-state index contributed by atoms with van der Waals surface area (Å²) in [4.78, 5) is 14.1. The number of fused-ring (bicyclic) bond motifs is 1. The number of hydrogen-bond donors (Lipinski definition) is 1. The second-order valence-electron chi connectivity index (χ2n) is 5.11. The highest BCUT2D eigenvalue weighted by Crippen LogP contribution is 2.24. The molecule has 20 heavy (non-hydrogen) atoms. The Labute approximate surface area is 117 Å². The zero-order chi connectivity index (χ0) is 14.1. The number of β-amino-alcohol motifs (C(OH)–C–C–N with tert-alkyl or cyclic N) is 1. The number of carbonyl (C=O) groups is 1. The molecule has 1 aromatic carbocycles. The summed E-state index contributed by atoms with van der Waals surface area (Å²) in [5.41, 5.74) is 1.73. The summed E-state index contributed by atoms with van der Waals surface area (Å²) < 4.78 is 7.15. The van der Waals surface area contributed by atoms with E-state index in [1.54, 1.807) is 12.0 Å². The number of aromatic nitrogens is 1. The molecule has 1 saturated heterocycles. The van der Waals surface area contributed by atoms with Gasteiger partial charge in [0.1, 0.15) is 0 Å². The Kier molecular flexibility index (Phi) is 3.46. The van der Waals surface area contributed by atoms with Gasteiger partial charge < -0.3 is 19.3 Å². The third kappa shape index (κ3) is 2.19. The molecule has 0 aliphatic carbocycles. The molecule has 0 spiro atoms. The third-order valence-electron chi connectivity index (χ3n) is 3.70. The molecule has 1 fully saturated rings. The van der Waals surface area contributed by atoms with Gasteiger partial charge in [0.2, 0.25) is 0 Å². The topological polar surface area (TPSA) is 54.7 Å². The summed E-state index contributed by atoms with van der Waals surface area (Å²) in [6.45, 7) is 2.18. The SMILES string of the molecule is COCCn1cc(C(=O)N2CC(O)C2)c2ccccc21. The maximum atomic E-state index is 12.4. The predicted octanol–water partition coefficient (Wildman–Crippen LogP) is 1.10. The number of rotatable bonds is 4. The lowest BCUT2D eigenvalue weighted by molar-refractivity contribution is 0.00601. The van der Waals surface area contributed by atoms with E-state index in [2.05, 4.69) is 0 Å². The van der Waals surface area contributed by atoms with E-state index >= 15 is 0 Å². The smallest absolute Gasteiger partial charge is 0.256 e. The molecular weight excluding hydrogens is 256 g/mol. The summed E-state index contributed by atoms with van der Waals surface area (Å²) in [6.07, 6.45) is 1.51. The number of aliphatic hydroxyl groups excluding tert-OH is 1. The van der Waals surface area contributed by atoms with Crippen molar-refractivity contribution in [2.24, 2.45) is 0 Å². The lowest BCUT2D eigenvalue weighted by atomic mass is 10.1. The molecule has 1 aromatic heterocycles. The minimum atomic E-state index is -0.374. The first-order chi connectivity index (χ1) is 9.70. The lowest BCUT2D eigenvalue weighted by Crippen LogP contribution is -2.53. The summed E-state index contributed by atoms with van der Waals surface area (Å²) in [5, 5.41) is 10.3. The normalized spacial score (nSPS) is 15.6. The van der Waals surface area contributed by atoms with Gasteiger partial charge in [-0.05, 0) is 6.07 Å². The van der Waals surface area contributed by atoms with Crippen LogP contribution in [0.3, 0.4) is 0 Å². The first-order valence-corrected chi connectivity index (χ1v) is 6.75. The van der Waals surface area contributed by atoms with E-state index in [9.17, 15) is 9.90 Å². The molecule has 0 bridgehead atoms. The Morgan fingerprint density at radius 2 is 2.15 bits per heavy atom. The van der Waals surface area contributed by atoms with E-state index in [1.807, 2.05) is 35.0 Å². The summed E-state index contributed by atoms with van der Waals surface area (Å²) in [5.74, 6) is -0.0114. The maximum Gasteiger partial charge on any atom is 0.256 e. The van der Waals surface area contributed by atoms with E-state index in [1.165, 1.54) is 0 Å². The van der Waals surface area contributed by atoms with E-state index in [0.717, 1.165) is 10.9 Å². The average Bonchev–Trinajstić information content (AvgIpc) is 2.80. The van der Waals surface area contributed by atoms with Crippen LogP contribution in [0.2, 0.25) is 0 Å². The lowest BCUT2D eigenvalue weighted by Gasteiger charge is -2.35. The molecule has 2 heterocycles. The number of amides is 1. The minimum absolute atomic E-state index is 0.0114. The van der Waals surface area contributed by atoms with Crippen molar-refractivity contribution < 1.29 is 14.6 Å². The molecule has 5 heteroatoms. The van der Waals surface area contributed by atoms with E-state index < -0.39 is 0 Å². The molecule has 1 aliphatic rings. The average molecular weight is 274 g/mol. The van der Waals surface area contributed by atoms with Gasteiger partial charge in [0.15, 0.2) is 0 Å². The number of hydrogen-bond acceptors (Lipinski definition) is 3. The maximum absolute atomic E-state index is 12.4. The van der Waals surface area contributed by atoms with Crippen molar-refractivity contribution in [2.75, 3.05) is 26.8 Å². The van der Waals surface area contributed by atoms with Crippen LogP contribution in [0.15, 0.2) is 30.5 Å². The van der Waals surface area contributed by atoms with Gasteiger partial charge in [0.25, 0.3) is 5.91 Å². The Hall–Kier alpha value is -1.85. The predicted molar refractivity (Wildman–Crippen MR) is 75.7 cm³/mol. The Bertz CT molecular complexity index is 629. The molecular formula is C15H18N2O3. The van der Waals surface area contributed by atoms with Gasteiger partial charge in [-0.2, -0.15) is 0 Å². The first kappa shape index (κ1) is 13.1. The summed E-state index contributed by atoms with van der Waals surface area (Å²) >= 11 is 0. The molecule has 0 atom stereocenters. The Morgan fingerprint density at radius 3 is 2.85 bits per heavy atom. The van der Waals surface area contributed by atoms with Crippen LogP contribution in [0.1, 0.15) is 10.4 Å². The van der Waals surface area contributed by atoms with Gasteiger partial charge in [0, 0.05) is 43.8 Å². The largest absolute Gasteiger partial charge is 0.389 e. The zero-order valence-electron chi connectivity index (χ0n) is 11.5. The van der Waals surface area contributed by atoms with Crippen LogP contribution in [-0.4, -0.2) is 53.4 Å². The number of likely N-dealkylation sites (tertiary alicyclic amines) is 1. The number of benzene rings is 1. The van der Waals surface area contributed by atoms with Crippen molar-refractivity contribution in [3.05, 3.63) is 36.0 Å². The molecule has 0 saturated carbocycles. The molecule has 3 rings (SSSR count). The number of ether oxygens (including phenoxy) is 1. The van der Waals surface area contributed by atoms with Crippen LogP contribution in [0.4, 0.5) is 0 Å². The molecule has 5 nitrogen and oxygen atoms in total. The van der Waals surface area contributed by atoms with Crippen LogP contribution >= 0.6 is 0 Å². The monoisotopic (exact) mass is 274 g/mol. The summed E-state index contributed by atoms with van der Waals surface area (Å²) in [7, 11) is 1.67. The highest BCUT2D eigenvalue weighted by Gasteiger charge is 2.31. The van der Waals surface area contributed by atoms with Crippen LogP contribution in [0.25, 0.3) is 10.9 Å². The third-order valence-corrected chi connectivity index (χ3v) is 3.70. The fourth-order valence-electron chi connectivity index (χ4n) is 2.58. The highest BCUT2D eigenvalue weighted by atomic mass is 16.5. The second kappa shape index (κ2) is 5.26. The number of carbonyl (C=O) groups excluding carboxylic acids is 1. The van der Waals surface area contributed by atoms with E-state index in [4.69, 9.17) is 4.74 Å². The number of aliphatic hydroxyl groups is 1. The number of nitrogens with zero attached hydrogens (tertiary/aromatic N) is 2. The first-order valence-electron chi connectivity index (χ1n) is 6.75. The molecule has 1 amide bonds. The van der Waals surface area contributed by atoms with Crippen molar-refractivity contribution in [2.45, 2.75) is 12.6 Å². The van der Waals surface area contributed by atoms with Crippen LogP contribution in [0, 0.1) is 0 Å². The zero-order valence-corrected chi connectivity index (χ0v) is 11.5. The quantitative estimate of drug-likeness (QED) is 0.908. The van der Waals surface area contributed by atoms with Crippen molar-refractivity contribution in [3.8, 4) is 0 Å². The van der Waals surface area contributed by atoms with Gasteiger partial charge in [-0.15, -0.1) is 0 Å². The minimum Gasteiger partial charge on any atom is -0.389 e. The molecule has 2 aromatic rings. The molecule has 1 N–H and O–H groups in total. The van der Waals surface area contributed by atoms with Gasteiger partial charge in [-0.1, -0.05) is 18.2 Å². The molecule has 0 unspecified atom stereocenters. The fraction of sp³-hybridized carbons (Fsp3) is 0.400. The molecule has 0 radical (unpaired) electrons.